The summed E-state index contributed by atoms with van der Waals surface area (Å²) in [5.41, 5.74) is 10.1. The SMILES string of the molecule is CCn1c(CCNCc2ccc(/C=C/C(=O)OC)cc2)nc2c(N3CCOCC3)nc(-c3cnc(N)nc3)nc21. The summed E-state index contributed by atoms with van der Waals surface area (Å²) in [6.07, 6.45) is 7.16. The van der Waals surface area contributed by atoms with Gasteiger partial charge in [0.25, 0.3) is 0 Å². The first-order valence-corrected chi connectivity index (χ1v) is 13.3. The normalized spacial score (nSPS) is 13.8. The Hall–Kier alpha value is -4.42. The molecule has 1 fully saturated rings. The first-order chi connectivity index (χ1) is 19.6. The highest BCUT2D eigenvalue weighted by Crippen LogP contribution is 2.28. The molecule has 4 heterocycles. The average Bonchev–Trinajstić information content (AvgIpc) is 3.36. The molecule has 5 rings (SSSR count). The van der Waals surface area contributed by atoms with Crippen LogP contribution in [0, 0.1) is 0 Å². The summed E-state index contributed by atoms with van der Waals surface area (Å²) < 4.78 is 12.4. The number of carbonyl (C=O) groups excluding carboxylic acids is 1. The van der Waals surface area contributed by atoms with E-state index >= 15 is 0 Å². The zero-order valence-electron chi connectivity index (χ0n) is 22.7. The molecular weight excluding hydrogens is 510 g/mol. The van der Waals surface area contributed by atoms with Crippen molar-refractivity contribution < 1.29 is 14.3 Å². The minimum atomic E-state index is -0.373. The molecule has 0 spiro atoms. The van der Waals surface area contributed by atoms with Gasteiger partial charge in [-0.3, -0.25) is 0 Å². The van der Waals surface area contributed by atoms with E-state index in [0.717, 1.165) is 66.5 Å². The third kappa shape index (κ3) is 6.24. The number of aromatic nitrogens is 6. The van der Waals surface area contributed by atoms with Gasteiger partial charge in [0.1, 0.15) is 5.82 Å². The standard InChI is InChI=1S/C28H33N9O3/c1-3-37-22(10-11-30-16-20-6-4-19(5-7-20)8-9-23(38)39-2)33-24-26(36-12-14-40-15-13-36)34-25(35-27(24)37)21-17-31-28(29)32-18-21/h4-9,17-18,30H,3,10-16H2,1-2H3,(H2,29,31,32)/b9-8+. The summed E-state index contributed by atoms with van der Waals surface area (Å²) in [6.45, 7) is 7.02. The van der Waals surface area contributed by atoms with Gasteiger partial charge in [-0.05, 0) is 24.1 Å². The van der Waals surface area contributed by atoms with E-state index in [4.69, 9.17) is 25.4 Å². The van der Waals surface area contributed by atoms with E-state index in [1.54, 1.807) is 18.5 Å². The molecule has 3 N–H and O–H groups in total. The third-order valence-electron chi connectivity index (χ3n) is 6.66. The number of benzene rings is 1. The highest BCUT2D eigenvalue weighted by molar-refractivity contribution is 5.87. The molecule has 0 atom stereocenters. The second-order valence-electron chi connectivity index (χ2n) is 9.27. The van der Waals surface area contributed by atoms with Gasteiger partial charge in [-0.25, -0.2) is 29.7 Å². The molecule has 4 aromatic rings. The van der Waals surface area contributed by atoms with Crippen LogP contribution in [0.1, 0.15) is 23.9 Å². The number of rotatable bonds is 10. The van der Waals surface area contributed by atoms with Gasteiger partial charge < -0.3 is 30.0 Å². The maximum absolute atomic E-state index is 11.3. The fraction of sp³-hybridized carbons (Fsp3) is 0.357. The molecule has 1 aromatic carbocycles. The Morgan fingerprint density at radius 3 is 2.58 bits per heavy atom. The summed E-state index contributed by atoms with van der Waals surface area (Å²) >= 11 is 0. The molecule has 3 aromatic heterocycles. The van der Waals surface area contributed by atoms with Gasteiger partial charge in [-0.1, -0.05) is 24.3 Å². The lowest BCUT2D eigenvalue weighted by Gasteiger charge is -2.28. The predicted molar refractivity (Wildman–Crippen MR) is 152 cm³/mol. The lowest BCUT2D eigenvalue weighted by molar-refractivity contribution is -0.134. The molecule has 1 aliphatic heterocycles. The zero-order chi connectivity index (χ0) is 27.9. The molecule has 1 aliphatic rings. The van der Waals surface area contributed by atoms with E-state index in [9.17, 15) is 4.79 Å². The number of nitrogens with two attached hydrogens (primary N) is 1. The zero-order valence-corrected chi connectivity index (χ0v) is 22.7. The minimum Gasteiger partial charge on any atom is -0.466 e. The van der Waals surface area contributed by atoms with Gasteiger partial charge in [-0.2, -0.15) is 0 Å². The summed E-state index contributed by atoms with van der Waals surface area (Å²) in [4.78, 5) is 36.6. The summed E-state index contributed by atoms with van der Waals surface area (Å²) in [7, 11) is 1.36. The van der Waals surface area contributed by atoms with Crippen molar-refractivity contribution in [3.63, 3.8) is 0 Å². The first-order valence-electron chi connectivity index (χ1n) is 13.3. The summed E-state index contributed by atoms with van der Waals surface area (Å²) in [5.74, 6) is 2.11. The molecule has 0 bridgehead atoms. The number of fused-ring (bicyclic) bond motifs is 1. The van der Waals surface area contributed by atoms with Gasteiger partial charge >= 0.3 is 5.97 Å². The van der Waals surface area contributed by atoms with Gasteiger partial charge in [0, 0.05) is 57.6 Å². The van der Waals surface area contributed by atoms with Crippen LogP contribution in [0.3, 0.4) is 0 Å². The van der Waals surface area contributed by atoms with Crippen LogP contribution in [-0.2, 0) is 33.8 Å². The van der Waals surface area contributed by atoms with Gasteiger partial charge in [0.05, 0.1) is 25.9 Å². The van der Waals surface area contributed by atoms with Crippen LogP contribution in [0.2, 0.25) is 0 Å². The van der Waals surface area contributed by atoms with E-state index in [0.29, 0.717) is 31.1 Å². The number of nitrogens with one attached hydrogen (secondary N) is 1. The fourth-order valence-electron chi connectivity index (χ4n) is 4.54. The lowest BCUT2D eigenvalue weighted by atomic mass is 10.1. The smallest absolute Gasteiger partial charge is 0.330 e. The Kier molecular flexibility index (Phi) is 8.57. The number of imidazole rings is 1. The Balaban J connectivity index is 1.34. The molecule has 0 amide bonds. The van der Waals surface area contributed by atoms with Crippen LogP contribution in [0.15, 0.2) is 42.7 Å². The van der Waals surface area contributed by atoms with Crippen molar-refractivity contribution in [2.45, 2.75) is 26.4 Å². The molecule has 0 radical (unpaired) electrons. The Labute approximate surface area is 232 Å². The van der Waals surface area contributed by atoms with Gasteiger partial charge in [0.2, 0.25) is 5.95 Å². The van der Waals surface area contributed by atoms with Crippen molar-refractivity contribution in [3.05, 3.63) is 59.7 Å². The van der Waals surface area contributed by atoms with Crippen LogP contribution in [0.4, 0.5) is 11.8 Å². The third-order valence-corrected chi connectivity index (χ3v) is 6.66. The predicted octanol–water partition coefficient (Wildman–Crippen LogP) is 2.24. The summed E-state index contributed by atoms with van der Waals surface area (Å²) in [5, 5.41) is 3.51. The van der Waals surface area contributed by atoms with Crippen molar-refractivity contribution >= 4 is 35.0 Å². The van der Waals surface area contributed by atoms with Crippen molar-refractivity contribution in [2.24, 2.45) is 0 Å². The molecule has 12 nitrogen and oxygen atoms in total. The molecule has 12 heteroatoms. The number of carbonyl (C=O) groups is 1. The molecule has 208 valence electrons. The maximum Gasteiger partial charge on any atom is 0.330 e. The number of nitrogens with zero attached hydrogens (tertiary/aromatic N) is 7. The van der Waals surface area contributed by atoms with Crippen molar-refractivity contribution in [3.8, 4) is 11.4 Å². The highest BCUT2D eigenvalue weighted by atomic mass is 16.5. The molecule has 0 saturated carbocycles. The maximum atomic E-state index is 11.3. The van der Waals surface area contributed by atoms with Crippen LogP contribution in [0.25, 0.3) is 28.6 Å². The molecule has 1 saturated heterocycles. The number of morpholine rings is 1. The summed E-state index contributed by atoms with van der Waals surface area (Å²) in [6, 6.07) is 8.03. The van der Waals surface area contributed by atoms with Gasteiger partial charge in [0.15, 0.2) is 22.8 Å². The minimum absolute atomic E-state index is 0.206. The van der Waals surface area contributed by atoms with Gasteiger partial charge in [-0.15, -0.1) is 0 Å². The lowest BCUT2D eigenvalue weighted by Crippen LogP contribution is -2.37. The number of methoxy groups -OCH3 is 1. The number of aryl methyl sites for hydroxylation is 1. The Morgan fingerprint density at radius 1 is 1.12 bits per heavy atom. The molecule has 40 heavy (non-hydrogen) atoms. The number of hydrogen-bond donors (Lipinski definition) is 2. The van der Waals surface area contributed by atoms with Crippen molar-refractivity contribution in [1.82, 2.24) is 34.8 Å². The Morgan fingerprint density at radius 2 is 1.88 bits per heavy atom. The first kappa shape index (κ1) is 27.2. The van der Waals surface area contributed by atoms with Crippen molar-refractivity contribution in [2.75, 3.05) is 50.6 Å². The molecule has 0 aliphatic carbocycles. The van der Waals surface area contributed by atoms with E-state index < -0.39 is 0 Å². The highest BCUT2D eigenvalue weighted by Gasteiger charge is 2.23. The average molecular weight is 544 g/mol. The largest absolute Gasteiger partial charge is 0.466 e. The number of esters is 1. The molecular formula is C28H33N9O3. The van der Waals surface area contributed by atoms with Crippen LogP contribution in [-0.4, -0.2) is 75.4 Å². The van der Waals surface area contributed by atoms with E-state index in [1.807, 2.05) is 24.3 Å². The van der Waals surface area contributed by atoms with E-state index in [2.05, 4.69) is 36.4 Å². The van der Waals surface area contributed by atoms with Crippen molar-refractivity contribution in [1.29, 1.82) is 0 Å². The Bertz CT molecular complexity index is 1480. The second kappa shape index (κ2) is 12.6. The van der Waals surface area contributed by atoms with Crippen LogP contribution < -0.4 is 16.0 Å². The number of hydrogen-bond acceptors (Lipinski definition) is 11. The fourth-order valence-corrected chi connectivity index (χ4v) is 4.54. The number of nitrogen functional groups attached to an aromatic ring is 1. The molecule has 0 unspecified atom stereocenters. The van der Waals surface area contributed by atoms with E-state index in [1.165, 1.54) is 13.2 Å². The topological polar surface area (TPSA) is 146 Å². The van der Waals surface area contributed by atoms with Crippen LogP contribution in [0.5, 0.6) is 0 Å². The second-order valence-corrected chi connectivity index (χ2v) is 9.27. The number of anilines is 2. The van der Waals surface area contributed by atoms with E-state index in [-0.39, 0.29) is 11.9 Å². The number of ether oxygens (including phenoxy) is 2. The quantitative estimate of drug-likeness (QED) is 0.172. The monoisotopic (exact) mass is 543 g/mol. The van der Waals surface area contributed by atoms with Crippen LogP contribution >= 0.6 is 0 Å².